The van der Waals surface area contributed by atoms with Crippen LogP contribution >= 0.6 is 11.6 Å². The van der Waals surface area contributed by atoms with Gasteiger partial charge in [-0.2, -0.15) is 0 Å². The van der Waals surface area contributed by atoms with E-state index in [9.17, 15) is 14.0 Å². The van der Waals surface area contributed by atoms with Gasteiger partial charge in [-0.15, -0.1) is 0 Å². The van der Waals surface area contributed by atoms with Crippen molar-refractivity contribution in [2.24, 2.45) is 0 Å². The summed E-state index contributed by atoms with van der Waals surface area (Å²) < 4.78 is 13.0. The molecule has 1 fully saturated rings. The number of benzene rings is 2. The molecular formula is C21H23ClFN3O2. The van der Waals surface area contributed by atoms with Crippen LogP contribution in [0.25, 0.3) is 0 Å². The Balaban J connectivity index is 1.43. The van der Waals surface area contributed by atoms with E-state index >= 15 is 0 Å². The number of rotatable bonds is 5. The molecule has 0 aromatic heterocycles. The minimum absolute atomic E-state index is 0.0489. The largest absolute Gasteiger partial charge is 0.349 e. The zero-order valence-electron chi connectivity index (χ0n) is 15.7. The predicted molar refractivity (Wildman–Crippen MR) is 108 cm³/mol. The maximum atomic E-state index is 13.0. The number of carbonyl (C=O) groups is 2. The molecule has 148 valence electrons. The lowest BCUT2D eigenvalue weighted by atomic mass is 10.0. The normalized spacial score (nSPS) is 15.2. The SMILES string of the molecule is Cc1ccc(NC(=O)CN2CCC(NC(=O)c3ccc(F)cc3)CC2)cc1Cl. The monoisotopic (exact) mass is 403 g/mol. The van der Waals surface area contributed by atoms with Crippen LogP contribution in [0.3, 0.4) is 0 Å². The van der Waals surface area contributed by atoms with E-state index < -0.39 is 0 Å². The summed E-state index contributed by atoms with van der Waals surface area (Å²) in [6.07, 6.45) is 1.52. The van der Waals surface area contributed by atoms with Crippen molar-refractivity contribution < 1.29 is 14.0 Å². The Morgan fingerprint density at radius 2 is 1.82 bits per heavy atom. The molecule has 0 bridgehead atoms. The van der Waals surface area contributed by atoms with Gasteiger partial charge in [-0.1, -0.05) is 17.7 Å². The molecule has 0 aliphatic carbocycles. The van der Waals surface area contributed by atoms with E-state index in [0.717, 1.165) is 31.5 Å². The predicted octanol–water partition coefficient (Wildman–Crippen LogP) is 3.62. The van der Waals surface area contributed by atoms with E-state index in [2.05, 4.69) is 15.5 Å². The van der Waals surface area contributed by atoms with Gasteiger partial charge in [0.2, 0.25) is 5.91 Å². The fraction of sp³-hybridized carbons (Fsp3) is 0.333. The molecule has 1 aliphatic heterocycles. The number of amides is 2. The van der Waals surface area contributed by atoms with Gasteiger partial charge in [0.15, 0.2) is 0 Å². The lowest BCUT2D eigenvalue weighted by Crippen LogP contribution is -2.46. The van der Waals surface area contributed by atoms with Crippen LogP contribution < -0.4 is 10.6 Å². The molecule has 1 saturated heterocycles. The van der Waals surface area contributed by atoms with Gasteiger partial charge in [-0.05, 0) is 61.7 Å². The maximum Gasteiger partial charge on any atom is 0.251 e. The van der Waals surface area contributed by atoms with Crippen molar-refractivity contribution in [3.63, 3.8) is 0 Å². The standard InChI is InChI=1S/C21H23ClFN3O2/c1-14-2-7-18(12-19(14)22)24-20(27)13-26-10-8-17(9-11-26)25-21(28)15-3-5-16(23)6-4-15/h2-7,12,17H,8-11,13H2,1H3,(H,24,27)(H,25,28). The van der Waals surface area contributed by atoms with Crippen molar-refractivity contribution in [3.05, 3.63) is 64.4 Å². The molecule has 28 heavy (non-hydrogen) atoms. The Kier molecular flexibility index (Phi) is 6.65. The van der Waals surface area contributed by atoms with Crippen LogP contribution in [-0.4, -0.2) is 42.4 Å². The highest BCUT2D eigenvalue weighted by Gasteiger charge is 2.22. The Hall–Kier alpha value is -2.44. The van der Waals surface area contributed by atoms with Crippen LogP contribution in [0.5, 0.6) is 0 Å². The van der Waals surface area contributed by atoms with Gasteiger partial charge in [0.1, 0.15) is 5.82 Å². The minimum atomic E-state index is -0.365. The highest BCUT2D eigenvalue weighted by Crippen LogP contribution is 2.20. The maximum absolute atomic E-state index is 13.0. The summed E-state index contributed by atoms with van der Waals surface area (Å²) in [5.74, 6) is -0.655. The van der Waals surface area contributed by atoms with Crippen molar-refractivity contribution in [2.75, 3.05) is 25.0 Å². The fourth-order valence-corrected chi connectivity index (χ4v) is 3.36. The summed E-state index contributed by atoms with van der Waals surface area (Å²) in [6, 6.07) is 11.0. The number of nitrogens with one attached hydrogen (secondary N) is 2. The van der Waals surface area contributed by atoms with Gasteiger partial charge < -0.3 is 10.6 Å². The molecule has 2 aromatic rings. The number of anilines is 1. The molecule has 5 nitrogen and oxygen atoms in total. The third kappa shape index (κ3) is 5.53. The van der Waals surface area contributed by atoms with Gasteiger partial charge in [0.25, 0.3) is 5.91 Å². The second-order valence-corrected chi connectivity index (χ2v) is 7.45. The second kappa shape index (κ2) is 9.17. The molecule has 2 amide bonds. The molecule has 0 atom stereocenters. The van der Waals surface area contributed by atoms with Gasteiger partial charge in [0.05, 0.1) is 6.54 Å². The number of carbonyl (C=O) groups excluding carboxylic acids is 2. The van der Waals surface area contributed by atoms with Gasteiger partial charge in [0, 0.05) is 35.4 Å². The third-order valence-electron chi connectivity index (χ3n) is 4.85. The van der Waals surface area contributed by atoms with Crippen LogP contribution in [0.4, 0.5) is 10.1 Å². The zero-order valence-corrected chi connectivity index (χ0v) is 16.4. The summed E-state index contributed by atoms with van der Waals surface area (Å²) in [4.78, 5) is 26.5. The Morgan fingerprint density at radius 1 is 1.14 bits per heavy atom. The van der Waals surface area contributed by atoms with Crippen LogP contribution in [0.1, 0.15) is 28.8 Å². The number of hydrogen-bond acceptors (Lipinski definition) is 3. The third-order valence-corrected chi connectivity index (χ3v) is 5.26. The number of hydrogen-bond donors (Lipinski definition) is 2. The summed E-state index contributed by atoms with van der Waals surface area (Å²) in [5, 5.41) is 6.46. The van der Waals surface area contributed by atoms with E-state index in [1.165, 1.54) is 24.3 Å². The molecule has 0 radical (unpaired) electrons. The number of aryl methyl sites for hydroxylation is 1. The van der Waals surface area contributed by atoms with E-state index in [0.29, 0.717) is 22.8 Å². The van der Waals surface area contributed by atoms with Crippen LogP contribution in [0.15, 0.2) is 42.5 Å². The average molecular weight is 404 g/mol. The Bertz CT molecular complexity index is 849. The fourth-order valence-electron chi connectivity index (χ4n) is 3.18. The van der Waals surface area contributed by atoms with Crippen molar-refractivity contribution in [1.29, 1.82) is 0 Å². The quantitative estimate of drug-likeness (QED) is 0.801. The minimum Gasteiger partial charge on any atom is -0.349 e. The summed E-state index contributed by atoms with van der Waals surface area (Å²) >= 11 is 6.08. The molecule has 2 N–H and O–H groups in total. The topological polar surface area (TPSA) is 61.4 Å². The van der Waals surface area contributed by atoms with E-state index in [4.69, 9.17) is 11.6 Å². The molecule has 0 saturated carbocycles. The first-order chi connectivity index (χ1) is 13.4. The van der Waals surface area contributed by atoms with Crippen molar-refractivity contribution in [1.82, 2.24) is 10.2 Å². The molecule has 0 spiro atoms. The smallest absolute Gasteiger partial charge is 0.251 e. The van der Waals surface area contributed by atoms with Crippen LogP contribution in [-0.2, 0) is 4.79 Å². The summed E-state index contributed by atoms with van der Waals surface area (Å²) in [5.41, 5.74) is 2.09. The summed E-state index contributed by atoms with van der Waals surface area (Å²) in [6.45, 7) is 3.64. The highest BCUT2D eigenvalue weighted by atomic mass is 35.5. The zero-order chi connectivity index (χ0) is 20.1. The van der Waals surface area contributed by atoms with Gasteiger partial charge >= 0.3 is 0 Å². The molecule has 3 rings (SSSR count). The molecule has 1 aliphatic rings. The molecule has 7 heteroatoms. The Labute approximate surface area is 168 Å². The number of nitrogens with zero attached hydrogens (tertiary/aromatic N) is 1. The van der Waals surface area contributed by atoms with E-state index in [-0.39, 0.29) is 23.7 Å². The molecule has 0 unspecified atom stereocenters. The lowest BCUT2D eigenvalue weighted by Gasteiger charge is -2.31. The second-order valence-electron chi connectivity index (χ2n) is 7.04. The first-order valence-corrected chi connectivity index (χ1v) is 9.63. The van der Waals surface area contributed by atoms with Crippen LogP contribution in [0.2, 0.25) is 5.02 Å². The van der Waals surface area contributed by atoms with Crippen molar-refractivity contribution >= 4 is 29.1 Å². The average Bonchev–Trinajstić information content (AvgIpc) is 2.67. The first kappa shape index (κ1) is 20.3. The lowest BCUT2D eigenvalue weighted by molar-refractivity contribution is -0.117. The number of piperidine rings is 1. The highest BCUT2D eigenvalue weighted by molar-refractivity contribution is 6.31. The van der Waals surface area contributed by atoms with Gasteiger partial charge in [-0.25, -0.2) is 4.39 Å². The molecule has 1 heterocycles. The van der Waals surface area contributed by atoms with E-state index in [1.807, 2.05) is 19.1 Å². The van der Waals surface area contributed by atoms with Gasteiger partial charge in [-0.3, -0.25) is 14.5 Å². The first-order valence-electron chi connectivity index (χ1n) is 9.25. The molecular weight excluding hydrogens is 381 g/mol. The van der Waals surface area contributed by atoms with Crippen molar-refractivity contribution in [2.45, 2.75) is 25.8 Å². The number of halogens is 2. The Morgan fingerprint density at radius 3 is 2.46 bits per heavy atom. The molecule has 2 aromatic carbocycles. The summed E-state index contributed by atoms with van der Waals surface area (Å²) in [7, 11) is 0. The number of likely N-dealkylation sites (tertiary alicyclic amines) is 1. The van der Waals surface area contributed by atoms with E-state index in [1.54, 1.807) is 6.07 Å². The van der Waals surface area contributed by atoms with Crippen molar-refractivity contribution in [3.8, 4) is 0 Å². The van der Waals surface area contributed by atoms with Crippen LogP contribution in [0, 0.1) is 12.7 Å².